The van der Waals surface area contributed by atoms with Crippen LogP contribution in [0.5, 0.6) is 0 Å². The molecule has 2 fully saturated rings. The van der Waals surface area contributed by atoms with Crippen molar-refractivity contribution in [2.75, 3.05) is 44.7 Å². The summed E-state index contributed by atoms with van der Waals surface area (Å²) in [6.07, 6.45) is 4.90. The summed E-state index contributed by atoms with van der Waals surface area (Å²) in [4.78, 5) is 37.0. The average Bonchev–Trinajstić information content (AvgIpc) is 3.37. The van der Waals surface area contributed by atoms with Crippen LogP contribution in [0.2, 0.25) is 0 Å². The van der Waals surface area contributed by atoms with Gasteiger partial charge in [0.05, 0.1) is 0 Å². The third-order valence-corrected chi connectivity index (χ3v) is 6.19. The minimum absolute atomic E-state index is 0.0310. The number of amides is 2. The van der Waals surface area contributed by atoms with Gasteiger partial charge in [0.2, 0.25) is 5.91 Å². The Morgan fingerprint density at radius 2 is 1.92 bits per heavy atom. The fourth-order valence-electron chi connectivity index (χ4n) is 3.46. The third-order valence-electron chi connectivity index (χ3n) is 5.10. The van der Waals surface area contributed by atoms with Gasteiger partial charge >= 0.3 is 0 Å². The van der Waals surface area contributed by atoms with E-state index in [1.807, 2.05) is 9.80 Å². The molecule has 4 rings (SSSR count). The minimum atomic E-state index is 0.0310. The summed E-state index contributed by atoms with van der Waals surface area (Å²) in [5.74, 6) is 1.19. The number of hydrogen-bond donors (Lipinski definition) is 0. The topological polar surface area (TPSA) is 56.8 Å². The Labute approximate surface area is 146 Å². The fraction of sp³-hybridized carbons (Fsp3) is 0.706. The number of nitrogens with zero attached hydrogens (tertiary/aromatic N) is 4. The van der Waals surface area contributed by atoms with Crippen molar-refractivity contribution in [1.82, 2.24) is 14.8 Å². The Hall–Kier alpha value is -1.47. The van der Waals surface area contributed by atoms with E-state index in [2.05, 4.69) is 16.9 Å². The number of fused-ring (bicyclic) bond motifs is 1. The number of thiazole rings is 1. The van der Waals surface area contributed by atoms with Gasteiger partial charge < -0.3 is 9.80 Å². The number of rotatable bonds is 2. The molecule has 1 aliphatic carbocycles. The second kappa shape index (κ2) is 6.44. The Kier molecular flexibility index (Phi) is 4.30. The number of hydrogen-bond acceptors (Lipinski definition) is 5. The summed E-state index contributed by atoms with van der Waals surface area (Å²) in [7, 11) is 2.09. The highest BCUT2D eigenvalue weighted by molar-refractivity contribution is 7.14. The smallest absolute Gasteiger partial charge is 0.282 e. The first-order valence-electron chi connectivity index (χ1n) is 8.92. The number of carbonyl (C=O) groups is 2. The van der Waals surface area contributed by atoms with Gasteiger partial charge in [0.1, 0.15) is 5.82 Å². The summed E-state index contributed by atoms with van der Waals surface area (Å²) < 4.78 is 0. The van der Waals surface area contributed by atoms with Crippen LogP contribution in [0.25, 0.3) is 0 Å². The zero-order valence-corrected chi connectivity index (χ0v) is 15.0. The molecule has 0 aromatic carbocycles. The van der Waals surface area contributed by atoms with E-state index in [9.17, 15) is 9.59 Å². The Balaban J connectivity index is 1.54. The first kappa shape index (κ1) is 16.0. The number of aromatic nitrogens is 1. The summed E-state index contributed by atoms with van der Waals surface area (Å²) in [5.41, 5.74) is 0. The van der Waals surface area contributed by atoms with Crippen molar-refractivity contribution < 1.29 is 9.59 Å². The molecule has 1 saturated carbocycles. The molecule has 130 valence electrons. The first-order valence-corrected chi connectivity index (χ1v) is 9.74. The predicted octanol–water partition coefficient (Wildman–Crippen LogP) is 1.61. The van der Waals surface area contributed by atoms with E-state index in [1.54, 1.807) is 0 Å². The lowest BCUT2D eigenvalue weighted by Crippen LogP contribution is -2.37. The van der Waals surface area contributed by atoms with Crippen LogP contribution in [0.1, 0.15) is 40.4 Å². The van der Waals surface area contributed by atoms with Crippen molar-refractivity contribution in [2.45, 2.75) is 32.1 Å². The molecule has 6 nitrogen and oxygen atoms in total. The molecule has 1 aromatic rings. The van der Waals surface area contributed by atoms with Gasteiger partial charge in [-0.2, -0.15) is 0 Å². The lowest BCUT2D eigenvalue weighted by molar-refractivity contribution is -0.119. The van der Waals surface area contributed by atoms with E-state index in [1.165, 1.54) is 11.3 Å². The van der Waals surface area contributed by atoms with Crippen molar-refractivity contribution in [2.24, 2.45) is 5.92 Å². The van der Waals surface area contributed by atoms with Gasteiger partial charge in [0.15, 0.2) is 5.01 Å². The van der Waals surface area contributed by atoms with Crippen LogP contribution in [0.4, 0.5) is 5.82 Å². The van der Waals surface area contributed by atoms with E-state index in [0.29, 0.717) is 5.01 Å². The molecule has 0 bridgehead atoms. The number of carbonyl (C=O) groups excluding carboxylic acids is 2. The summed E-state index contributed by atoms with van der Waals surface area (Å²) in [6, 6.07) is 0. The van der Waals surface area contributed by atoms with Crippen molar-refractivity contribution in [3.63, 3.8) is 0 Å². The largest absolute Gasteiger partial charge is 0.335 e. The molecule has 0 unspecified atom stereocenters. The second-order valence-electron chi connectivity index (χ2n) is 7.08. The normalized spacial score (nSPS) is 22.2. The zero-order chi connectivity index (χ0) is 16.7. The molecule has 0 atom stereocenters. The molecule has 24 heavy (non-hydrogen) atoms. The number of anilines is 1. The molecule has 1 aromatic heterocycles. The van der Waals surface area contributed by atoms with Crippen LogP contribution in [0, 0.1) is 5.92 Å². The lowest BCUT2D eigenvalue weighted by Gasteiger charge is -2.25. The van der Waals surface area contributed by atoms with Crippen molar-refractivity contribution >= 4 is 29.0 Å². The molecular weight excluding hydrogens is 324 g/mol. The van der Waals surface area contributed by atoms with Crippen LogP contribution >= 0.6 is 11.3 Å². The van der Waals surface area contributed by atoms with Gasteiger partial charge in [-0.05, 0) is 45.7 Å². The van der Waals surface area contributed by atoms with Gasteiger partial charge in [0, 0.05) is 37.0 Å². The minimum Gasteiger partial charge on any atom is -0.335 e. The number of aryl methyl sites for hydroxylation is 1. The van der Waals surface area contributed by atoms with Crippen LogP contribution in [-0.2, 0) is 11.2 Å². The zero-order valence-electron chi connectivity index (χ0n) is 14.2. The molecule has 2 aliphatic heterocycles. The standard InChI is InChI=1S/C17H24N4O2S/c1-19-7-3-8-20(11-10-19)17(23)15-18-14-13(24-15)4-2-9-21(14)16(22)12-5-6-12/h12H,2-11H2,1H3. The van der Waals surface area contributed by atoms with Crippen molar-refractivity contribution in [3.8, 4) is 0 Å². The highest BCUT2D eigenvalue weighted by Crippen LogP contribution is 2.37. The van der Waals surface area contributed by atoms with Crippen LogP contribution in [0.15, 0.2) is 0 Å². The summed E-state index contributed by atoms with van der Waals surface area (Å²) in [6.45, 7) is 4.22. The van der Waals surface area contributed by atoms with Gasteiger partial charge in [-0.1, -0.05) is 0 Å². The van der Waals surface area contributed by atoms with E-state index < -0.39 is 0 Å². The molecule has 2 amide bonds. The van der Waals surface area contributed by atoms with E-state index in [-0.39, 0.29) is 17.7 Å². The molecule has 3 heterocycles. The maximum Gasteiger partial charge on any atom is 0.282 e. The van der Waals surface area contributed by atoms with E-state index >= 15 is 0 Å². The summed E-state index contributed by atoms with van der Waals surface area (Å²) >= 11 is 1.49. The van der Waals surface area contributed by atoms with Crippen LogP contribution in [0.3, 0.4) is 0 Å². The SMILES string of the molecule is CN1CCCN(C(=O)c2nc3c(s2)CCCN3C(=O)C2CC2)CC1. The van der Waals surface area contributed by atoms with Gasteiger partial charge in [-0.25, -0.2) is 4.98 Å². The highest BCUT2D eigenvalue weighted by Gasteiger charge is 2.37. The maximum atomic E-state index is 12.9. The average molecular weight is 348 g/mol. The fourth-order valence-corrected chi connectivity index (χ4v) is 4.54. The summed E-state index contributed by atoms with van der Waals surface area (Å²) in [5, 5.41) is 0.556. The molecule has 1 saturated heterocycles. The predicted molar refractivity (Wildman–Crippen MR) is 93.5 cm³/mol. The van der Waals surface area contributed by atoms with Crippen molar-refractivity contribution in [3.05, 3.63) is 9.88 Å². The van der Waals surface area contributed by atoms with E-state index in [4.69, 9.17) is 0 Å². The Bertz CT molecular complexity index is 655. The maximum absolute atomic E-state index is 12.9. The second-order valence-corrected chi connectivity index (χ2v) is 8.17. The Morgan fingerprint density at radius 1 is 1.08 bits per heavy atom. The molecule has 0 radical (unpaired) electrons. The van der Waals surface area contributed by atoms with E-state index in [0.717, 1.165) is 75.5 Å². The van der Waals surface area contributed by atoms with Gasteiger partial charge in [0.25, 0.3) is 5.91 Å². The van der Waals surface area contributed by atoms with Gasteiger partial charge in [-0.3, -0.25) is 14.5 Å². The molecule has 0 N–H and O–H groups in total. The van der Waals surface area contributed by atoms with Gasteiger partial charge in [-0.15, -0.1) is 11.3 Å². The molecular formula is C17H24N4O2S. The van der Waals surface area contributed by atoms with Crippen LogP contribution < -0.4 is 4.90 Å². The third kappa shape index (κ3) is 3.07. The first-order chi connectivity index (χ1) is 11.6. The van der Waals surface area contributed by atoms with Crippen LogP contribution in [-0.4, -0.2) is 66.4 Å². The monoisotopic (exact) mass is 348 g/mol. The lowest BCUT2D eigenvalue weighted by atomic mass is 10.1. The Morgan fingerprint density at radius 3 is 2.71 bits per heavy atom. The molecule has 3 aliphatic rings. The molecule has 7 heteroatoms. The quantitative estimate of drug-likeness (QED) is 0.815. The number of likely N-dealkylation sites (N-methyl/N-ethyl adjacent to an activating group) is 1. The molecule has 0 spiro atoms. The van der Waals surface area contributed by atoms with Crippen molar-refractivity contribution in [1.29, 1.82) is 0 Å². The highest BCUT2D eigenvalue weighted by atomic mass is 32.1.